The van der Waals surface area contributed by atoms with E-state index in [0.717, 1.165) is 23.8 Å². The largest absolute Gasteiger partial charge is 0.398 e. The van der Waals surface area contributed by atoms with Crippen LogP contribution >= 0.6 is 11.6 Å². The third-order valence-corrected chi connectivity index (χ3v) is 4.07. The van der Waals surface area contributed by atoms with Crippen LogP contribution in [-0.2, 0) is 6.54 Å². The predicted octanol–water partition coefficient (Wildman–Crippen LogP) is 3.50. The van der Waals surface area contributed by atoms with E-state index in [0.29, 0.717) is 5.92 Å². The summed E-state index contributed by atoms with van der Waals surface area (Å²) in [5, 5.41) is 0.778. The summed E-state index contributed by atoms with van der Waals surface area (Å²) >= 11 is 5.97. The lowest BCUT2D eigenvalue weighted by Gasteiger charge is -2.33. The van der Waals surface area contributed by atoms with Gasteiger partial charge in [-0.05, 0) is 41.9 Å². The van der Waals surface area contributed by atoms with E-state index < -0.39 is 0 Å². The Balaban J connectivity index is 2.08. The van der Waals surface area contributed by atoms with Gasteiger partial charge in [-0.3, -0.25) is 0 Å². The highest BCUT2D eigenvalue weighted by Gasteiger charge is 2.25. The first-order valence-corrected chi connectivity index (χ1v) is 6.84. The number of likely N-dealkylation sites (N-methyl/N-ethyl adjacent to an activating group) is 1. The van der Waals surface area contributed by atoms with Gasteiger partial charge in [0.15, 0.2) is 0 Å². The van der Waals surface area contributed by atoms with Crippen LogP contribution in [0.5, 0.6) is 0 Å². The zero-order valence-corrected chi connectivity index (χ0v) is 11.7. The Kier molecular flexibility index (Phi) is 3.21. The molecule has 0 radical (unpaired) electrons. The Bertz CT molecular complexity index is 592. The number of nitrogen functional groups attached to an aromatic ring is 1. The van der Waals surface area contributed by atoms with E-state index in [2.05, 4.69) is 30.1 Å². The summed E-state index contributed by atoms with van der Waals surface area (Å²) in [4.78, 5) is 2.32. The van der Waals surface area contributed by atoms with Crippen molar-refractivity contribution < 1.29 is 0 Å². The molecule has 0 aliphatic carbocycles. The zero-order valence-electron chi connectivity index (χ0n) is 10.9. The van der Waals surface area contributed by atoms with E-state index in [-0.39, 0.29) is 0 Å². The molecule has 0 saturated carbocycles. The smallest absolute Gasteiger partial charge is 0.0406 e. The molecule has 0 bridgehead atoms. The molecule has 1 heterocycles. The van der Waals surface area contributed by atoms with E-state index in [1.54, 1.807) is 0 Å². The predicted molar refractivity (Wildman–Crippen MR) is 80.5 cm³/mol. The van der Waals surface area contributed by atoms with Gasteiger partial charge in [0.1, 0.15) is 0 Å². The number of benzene rings is 2. The Morgan fingerprint density at radius 3 is 2.63 bits per heavy atom. The number of hydrogen-bond donors (Lipinski definition) is 1. The molecule has 2 aromatic carbocycles. The standard InChI is InChI=1S/C16H17ClN2/c1-19-9-14(11-5-7-12(17)8-6-11)13-3-2-4-16(18)15(13)10-19/h2-8,14H,9-10,18H2,1H3/t14-/m0/s1. The van der Waals surface area contributed by atoms with Gasteiger partial charge in [-0.2, -0.15) is 0 Å². The van der Waals surface area contributed by atoms with Crippen molar-refractivity contribution in [3.05, 3.63) is 64.2 Å². The minimum atomic E-state index is 0.370. The average molecular weight is 273 g/mol. The lowest BCUT2D eigenvalue weighted by molar-refractivity contribution is 0.296. The van der Waals surface area contributed by atoms with Crippen molar-refractivity contribution in [2.24, 2.45) is 0 Å². The Morgan fingerprint density at radius 1 is 1.16 bits per heavy atom. The minimum Gasteiger partial charge on any atom is -0.398 e. The molecule has 0 aromatic heterocycles. The van der Waals surface area contributed by atoms with Crippen molar-refractivity contribution in [2.45, 2.75) is 12.5 Å². The van der Waals surface area contributed by atoms with E-state index in [4.69, 9.17) is 17.3 Å². The highest BCUT2D eigenvalue weighted by Crippen LogP contribution is 2.35. The molecule has 1 aliphatic rings. The summed E-state index contributed by atoms with van der Waals surface area (Å²) in [6, 6.07) is 14.4. The van der Waals surface area contributed by atoms with Crippen molar-refractivity contribution in [2.75, 3.05) is 19.3 Å². The molecule has 98 valence electrons. The van der Waals surface area contributed by atoms with Gasteiger partial charge in [-0.1, -0.05) is 35.9 Å². The van der Waals surface area contributed by atoms with Gasteiger partial charge in [-0.15, -0.1) is 0 Å². The number of hydrogen-bond acceptors (Lipinski definition) is 2. The molecule has 19 heavy (non-hydrogen) atoms. The fraction of sp³-hybridized carbons (Fsp3) is 0.250. The van der Waals surface area contributed by atoms with Crippen molar-refractivity contribution in [3.8, 4) is 0 Å². The van der Waals surface area contributed by atoms with Crippen LogP contribution in [0.25, 0.3) is 0 Å². The summed E-state index contributed by atoms with van der Waals surface area (Å²) in [5.41, 5.74) is 10.9. The number of anilines is 1. The Morgan fingerprint density at radius 2 is 1.89 bits per heavy atom. The molecule has 2 N–H and O–H groups in total. The number of halogens is 1. The lowest BCUT2D eigenvalue weighted by atomic mass is 9.84. The molecule has 0 fully saturated rings. The highest BCUT2D eigenvalue weighted by atomic mass is 35.5. The van der Waals surface area contributed by atoms with Gasteiger partial charge < -0.3 is 10.6 Å². The monoisotopic (exact) mass is 272 g/mol. The molecule has 3 heteroatoms. The van der Waals surface area contributed by atoms with Crippen LogP contribution in [0.1, 0.15) is 22.6 Å². The number of nitrogens with two attached hydrogens (primary N) is 1. The van der Waals surface area contributed by atoms with Gasteiger partial charge in [0, 0.05) is 29.7 Å². The van der Waals surface area contributed by atoms with Crippen molar-refractivity contribution in [3.63, 3.8) is 0 Å². The van der Waals surface area contributed by atoms with Crippen LogP contribution in [0.15, 0.2) is 42.5 Å². The lowest BCUT2D eigenvalue weighted by Crippen LogP contribution is -2.31. The number of nitrogens with zero attached hydrogens (tertiary/aromatic N) is 1. The van der Waals surface area contributed by atoms with Crippen molar-refractivity contribution >= 4 is 17.3 Å². The molecule has 2 nitrogen and oxygen atoms in total. The molecule has 0 amide bonds. The summed E-state index contributed by atoms with van der Waals surface area (Å²) in [6.45, 7) is 1.93. The summed E-state index contributed by atoms with van der Waals surface area (Å²) < 4.78 is 0. The summed E-state index contributed by atoms with van der Waals surface area (Å²) in [6.07, 6.45) is 0. The fourth-order valence-corrected chi connectivity index (χ4v) is 2.98. The second kappa shape index (κ2) is 4.87. The molecule has 0 saturated heterocycles. The Hall–Kier alpha value is -1.51. The van der Waals surface area contributed by atoms with Crippen molar-refractivity contribution in [1.82, 2.24) is 4.90 Å². The van der Waals surface area contributed by atoms with Crippen LogP contribution in [0.4, 0.5) is 5.69 Å². The van der Waals surface area contributed by atoms with Gasteiger partial charge in [0.05, 0.1) is 0 Å². The van der Waals surface area contributed by atoms with E-state index >= 15 is 0 Å². The van der Waals surface area contributed by atoms with E-state index in [1.807, 2.05) is 24.3 Å². The van der Waals surface area contributed by atoms with Crippen LogP contribution < -0.4 is 5.73 Å². The summed E-state index contributed by atoms with van der Waals surface area (Å²) in [5.74, 6) is 0.370. The third kappa shape index (κ3) is 2.34. The number of rotatable bonds is 1. The first-order chi connectivity index (χ1) is 9.15. The third-order valence-electron chi connectivity index (χ3n) is 3.82. The van der Waals surface area contributed by atoms with Crippen LogP contribution in [-0.4, -0.2) is 18.5 Å². The average Bonchev–Trinajstić information content (AvgIpc) is 2.40. The molecule has 1 aliphatic heterocycles. The SMILES string of the molecule is CN1Cc2c(N)cccc2[C@H](c2ccc(Cl)cc2)C1. The topological polar surface area (TPSA) is 29.3 Å². The molecular weight excluding hydrogens is 256 g/mol. The van der Waals surface area contributed by atoms with E-state index in [9.17, 15) is 0 Å². The second-order valence-corrected chi connectivity index (χ2v) is 5.65. The van der Waals surface area contributed by atoms with Gasteiger partial charge in [0.25, 0.3) is 0 Å². The van der Waals surface area contributed by atoms with Crippen LogP contribution in [0.3, 0.4) is 0 Å². The van der Waals surface area contributed by atoms with Gasteiger partial charge in [0.2, 0.25) is 0 Å². The minimum absolute atomic E-state index is 0.370. The maximum atomic E-state index is 6.12. The zero-order chi connectivity index (χ0) is 13.4. The maximum Gasteiger partial charge on any atom is 0.0406 e. The Labute approximate surface area is 118 Å². The molecule has 0 unspecified atom stereocenters. The van der Waals surface area contributed by atoms with Crippen LogP contribution in [0, 0.1) is 0 Å². The molecular formula is C16H17ClN2. The fourth-order valence-electron chi connectivity index (χ4n) is 2.86. The van der Waals surface area contributed by atoms with E-state index in [1.165, 1.54) is 16.7 Å². The first-order valence-electron chi connectivity index (χ1n) is 6.46. The molecule has 1 atom stereocenters. The first kappa shape index (κ1) is 12.5. The quantitative estimate of drug-likeness (QED) is 0.805. The van der Waals surface area contributed by atoms with Crippen LogP contribution in [0.2, 0.25) is 5.02 Å². The molecule has 3 rings (SSSR count). The van der Waals surface area contributed by atoms with Crippen molar-refractivity contribution in [1.29, 1.82) is 0 Å². The normalized spacial score (nSPS) is 19.2. The number of fused-ring (bicyclic) bond motifs is 1. The maximum absolute atomic E-state index is 6.12. The second-order valence-electron chi connectivity index (χ2n) is 5.22. The van der Waals surface area contributed by atoms with Gasteiger partial charge >= 0.3 is 0 Å². The van der Waals surface area contributed by atoms with Gasteiger partial charge in [-0.25, -0.2) is 0 Å². The summed E-state index contributed by atoms with van der Waals surface area (Å²) in [7, 11) is 2.14. The molecule has 0 spiro atoms. The highest BCUT2D eigenvalue weighted by molar-refractivity contribution is 6.30. The molecule has 2 aromatic rings.